The van der Waals surface area contributed by atoms with Crippen molar-refractivity contribution in [1.82, 2.24) is 10.3 Å². The molecule has 0 aliphatic carbocycles. The second kappa shape index (κ2) is 6.10. The Morgan fingerprint density at radius 3 is 2.75 bits per heavy atom. The molecule has 0 radical (unpaired) electrons. The molecule has 0 spiro atoms. The van der Waals surface area contributed by atoms with Crippen molar-refractivity contribution in [2.24, 2.45) is 0 Å². The number of rotatable bonds is 4. The highest BCUT2D eigenvalue weighted by Crippen LogP contribution is 2.13. The van der Waals surface area contributed by atoms with E-state index in [4.69, 9.17) is 0 Å². The fraction of sp³-hybridized carbons (Fsp3) is 0.143. The van der Waals surface area contributed by atoms with Gasteiger partial charge in [0.1, 0.15) is 17.5 Å². The Hall–Kier alpha value is -2.50. The van der Waals surface area contributed by atoms with Crippen molar-refractivity contribution < 1.29 is 13.6 Å². The highest BCUT2D eigenvalue weighted by atomic mass is 19.1. The summed E-state index contributed by atoms with van der Waals surface area (Å²) in [6.07, 6.45) is 1.01. The standard InChI is InChI=1S/C14H13F2N3O/c1-17-13-11(6-10(15)8-18-13)14(20)19-7-9-4-2-3-5-12(9)16/h2-6,8H,7H2,1H3,(H,17,18)(H,19,20). The number of hydrogen-bond acceptors (Lipinski definition) is 3. The molecular weight excluding hydrogens is 264 g/mol. The molecule has 104 valence electrons. The molecule has 20 heavy (non-hydrogen) atoms. The summed E-state index contributed by atoms with van der Waals surface area (Å²) >= 11 is 0. The minimum Gasteiger partial charge on any atom is -0.372 e. The molecule has 0 atom stereocenters. The quantitative estimate of drug-likeness (QED) is 0.902. The summed E-state index contributed by atoms with van der Waals surface area (Å²) in [6, 6.07) is 7.20. The van der Waals surface area contributed by atoms with Crippen LogP contribution in [0.25, 0.3) is 0 Å². The second-order valence-electron chi connectivity index (χ2n) is 4.07. The average molecular weight is 277 g/mol. The van der Waals surface area contributed by atoms with Crippen LogP contribution in [-0.2, 0) is 6.54 Å². The topological polar surface area (TPSA) is 54.0 Å². The number of nitrogens with one attached hydrogen (secondary N) is 2. The molecule has 2 N–H and O–H groups in total. The van der Waals surface area contributed by atoms with Gasteiger partial charge in [0, 0.05) is 19.2 Å². The lowest BCUT2D eigenvalue weighted by Crippen LogP contribution is -2.24. The van der Waals surface area contributed by atoms with Gasteiger partial charge in [-0.05, 0) is 12.1 Å². The zero-order valence-corrected chi connectivity index (χ0v) is 10.8. The molecule has 0 bridgehead atoms. The fourth-order valence-corrected chi connectivity index (χ4v) is 1.72. The van der Waals surface area contributed by atoms with E-state index in [1.54, 1.807) is 25.2 Å². The molecule has 2 rings (SSSR count). The van der Waals surface area contributed by atoms with E-state index in [-0.39, 0.29) is 17.9 Å². The first-order valence-electron chi connectivity index (χ1n) is 5.96. The molecule has 1 aromatic heterocycles. The Labute approximate surface area is 114 Å². The average Bonchev–Trinajstić information content (AvgIpc) is 2.46. The van der Waals surface area contributed by atoms with Crippen LogP contribution < -0.4 is 10.6 Å². The van der Waals surface area contributed by atoms with Crippen LogP contribution in [0.3, 0.4) is 0 Å². The van der Waals surface area contributed by atoms with Gasteiger partial charge < -0.3 is 10.6 Å². The summed E-state index contributed by atoms with van der Waals surface area (Å²) in [4.78, 5) is 15.8. The first-order chi connectivity index (χ1) is 9.61. The predicted molar refractivity (Wildman–Crippen MR) is 71.3 cm³/mol. The summed E-state index contributed by atoms with van der Waals surface area (Å²) in [6.45, 7) is 0.0190. The van der Waals surface area contributed by atoms with E-state index >= 15 is 0 Å². The number of anilines is 1. The van der Waals surface area contributed by atoms with Crippen LogP contribution in [0, 0.1) is 11.6 Å². The summed E-state index contributed by atoms with van der Waals surface area (Å²) in [5, 5.41) is 5.23. The van der Waals surface area contributed by atoms with Crippen molar-refractivity contribution in [3.05, 3.63) is 59.3 Å². The lowest BCUT2D eigenvalue weighted by molar-refractivity contribution is 0.0950. The van der Waals surface area contributed by atoms with Crippen molar-refractivity contribution in [2.45, 2.75) is 6.54 Å². The van der Waals surface area contributed by atoms with Crippen LogP contribution in [0.4, 0.5) is 14.6 Å². The maximum Gasteiger partial charge on any atom is 0.255 e. The van der Waals surface area contributed by atoms with Crippen LogP contribution in [0.2, 0.25) is 0 Å². The van der Waals surface area contributed by atoms with Gasteiger partial charge in [0.05, 0.1) is 11.8 Å². The number of aromatic nitrogens is 1. The van der Waals surface area contributed by atoms with Crippen LogP contribution >= 0.6 is 0 Å². The number of amides is 1. The largest absolute Gasteiger partial charge is 0.372 e. The first kappa shape index (κ1) is 13.9. The van der Waals surface area contributed by atoms with Crippen LogP contribution in [0.15, 0.2) is 36.5 Å². The Balaban J connectivity index is 2.13. The second-order valence-corrected chi connectivity index (χ2v) is 4.07. The third kappa shape index (κ3) is 3.09. The van der Waals surface area contributed by atoms with Crippen LogP contribution in [0.5, 0.6) is 0 Å². The van der Waals surface area contributed by atoms with E-state index < -0.39 is 17.5 Å². The van der Waals surface area contributed by atoms with Gasteiger partial charge >= 0.3 is 0 Å². The highest BCUT2D eigenvalue weighted by molar-refractivity contribution is 5.98. The molecule has 4 nitrogen and oxygen atoms in total. The van der Waals surface area contributed by atoms with Crippen molar-refractivity contribution in [1.29, 1.82) is 0 Å². The molecule has 1 amide bonds. The monoisotopic (exact) mass is 277 g/mol. The lowest BCUT2D eigenvalue weighted by atomic mass is 10.2. The number of halogens is 2. The van der Waals surface area contributed by atoms with Gasteiger partial charge in [-0.3, -0.25) is 4.79 Å². The molecule has 0 aliphatic heterocycles. The Morgan fingerprint density at radius 1 is 1.30 bits per heavy atom. The van der Waals surface area contributed by atoms with E-state index in [2.05, 4.69) is 15.6 Å². The molecular formula is C14H13F2N3O. The summed E-state index contributed by atoms with van der Waals surface area (Å²) in [5.41, 5.74) is 0.431. The molecule has 0 aliphatic rings. The first-order valence-corrected chi connectivity index (χ1v) is 5.96. The maximum absolute atomic E-state index is 13.4. The van der Waals surface area contributed by atoms with Crippen molar-refractivity contribution in [3.8, 4) is 0 Å². The van der Waals surface area contributed by atoms with E-state index in [1.807, 2.05) is 0 Å². The van der Waals surface area contributed by atoms with Gasteiger partial charge in [-0.15, -0.1) is 0 Å². The van der Waals surface area contributed by atoms with E-state index in [9.17, 15) is 13.6 Å². The minimum atomic E-state index is -0.611. The SMILES string of the molecule is CNc1ncc(F)cc1C(=O)NCc1ccccc1F. The lowest BCUT2D eigenvalue weighted by Gasteiger charge is -2.09. The number of nitrogens with zero attached hydrogens (tertiary/aromatic N) is 1. The number of pyridine rings is 1. The van der Waals surface area contributed by atoms with Gasteiger partial charge in [0.2, 0.25) is 0 Å². The van der Waals surface area contributed by atoms with Gasteiger partial charge in [-0.2, -0.15) is 0 Å². The highest BCUT2D eigenvalue weighted by Gasteiger charge is 2.13. The van der Waals surface area contributed by atoms with Crippen molar-refractivity contribution in [2.75, 3.05) is 12.4 Å². The minimum absolute atomic E-state index is 0.0190. The van der Waals surface area contributed by atoms with E-state index in [0.717, 1.165) is 12.3 Å². The summed E-state index contributed by atoms with van der Waals surface area (Å²) in [7, 11) is 1.58. The molecule has 0 saturated heterocycles. The number of carbonyl (C=O) groups excluding carboxylic acids is 1. The van der Waals surface area contributed by atoms with E-state index in [0.29, 0.717) is 5.56 Å². The smallest absolute Gasteiger partial charge is 0.255 e. The molecule has 1 aromatic carbocycles. The third-order valence-electron chi connectivity index (χ3n) is 2.73. The summed E-state index contributed by atoms with van der Waals surface area (Å²) in [5.74, 6) is -1.28. The number of hydrogen-bond donors (Lipinski definition) is 2. The zero-order chi connectivity index (χ0) is 14.5. The summed E-state index contributed by atoms with van der Waals surface area (Å²) < 4.78 is 26.6. The molecule has 6 heteroatoms. The fourth-order valence-electron chi connectivity index (χ4n) is 1.72. The van der Waals surface area contributed by atoms with Crippen LogP contribution in [0.1, 0.15) is 15.9 Å². The zero-order valence-electron chi connectivity index (χ0n) is 10.8. The van der Waals surface area contributed by atoms with Gasteiger partial charge in [-0.25, -0.2) is 13.8 Å². The molecule has 0 unspecified atom stereocenters. The predicted octanol–water partition coefficient (Wildman–Crippen LogP) is 2.33. The van der Waals surface area contributed by atoms with Crippen LogP contribution in [-0.4, -0.2) is 17.9 Å². The van der Waals surface area contributed by atoms with Gasteiger partial charge in [-0.1, -0.05) is 18.2 Å². The number of benzene rings is 1. The van der Waals surface area contributed by atoms with Crippen molar-refractivity contribution >= 4 is 11.7 Å². The number of carbonyl (C=O) groups is 1. The molecule has 1 heterocycles. The Kier molecular flexibility index (Phi) is 4.24. The van der Waals surface area contributed by atoms with E-state index in [1.165, 1.54) is 6.07 Å². The molecule has 2 aromatic rings. The van der Waals surface area contributed by atoms with Gasteiger partial charge in [0.15, 0.2) is 0 Å². The van der Waals surface area contributed by atoms with Gasteiger partial charge in [0.25, 0.3) is 5.91 Å². The molecule has 0 saturated carbocycles. The normalized spacial score (nSPS) is 10.2. The maximum atomic E-state index is 13.4. The Bertz CT molecular complexity index is 632. The Morgan fingerprint density at radius 2 is 2.05 bits per heavy atom. The third-order valence-corrected chi connectivity index (χ3v) is 2.73. The van der Waals surface area contributed by atoms with Crippen molar-refractivity contribution in [3.63, 3.8) is 0 Å². The molecule has 0 fully saturated rings.